The molecule has 2 rings (SSSR count). The van der Waals surface area contributed by atoms with Crippen molar-refractivity contribution >= 4 is 11.8 Å². The molecule has 1 aromatic rings. The third-order valence-electron chi connectivity index (χ3n) is 4.19. The molecule has 0 aliphatic carbocycles. The summed E-state index contributed by atoms with van der Waals surface area (Å²) in [5.41, 5.74) is 0.317. The van der Waals surface area contributed by atoms with E-state index in [9.17, 15) is 14.0 Å². The summed E-state index contributed by atoms with van der Waals surface area (Å²) >= 11 is 0. The van der Waals surface area contributed by atoms with E-state index in [4.69, 9.17) is 4.74 Å². The van der Waals surface area contributed by atoms with Crippen molar-refractivity contribution in [1.29, 1.82) is 0 Å². The Balaban J connectivity index is 2.03. The molecule has 0 saturated carbocycles. The second kappa shape index (κ2) is 8.06. The second-order valence-corrected chi connectivity index (χ2v) is 5.87. The third-order valence-corrected chi connectivity index (χ3v) is 4.19. The molecule has 6 heteroatoms. The predicted molar refractivity (Wildman–Crippen MR) is 84.5 cm³/mol. The summed E-state index contributed by atoms with van der Waals surface area (Å²) < 4.78 is 18.2. The molecule has 0 unspecified atom stereocenters. The highest BCUT2D eigenvalue weighted by Gasteiger charge is 2.33. The lowest BCUT2D eigenvalue weighted by atomic mass is 9.92. The number of nitrogens with zero attached hydrogens (tertiary/aromatic N) is 1. The standard InChI is InChI=1S/C17H23FN2O3/c1-12-6-7-14(16(21)19-8-9-23-2)11-20(12)17(22)13-4-3-5-15(18)10-13/h3-5,10,12,14H,6-9,11H2,1-2H3,(H,19,21)/t12-,14+/m0/s1. The predicted octanol–water partition coefficient (Wildman–Crippen LogP) is 1.83. The zero-order valence-corrected chi connectivity index (χ0v) is 13.5. The van der Waals surface area contributed by atoms with Gasteiger partial charge in [0.1, 0.15) is 5.82 Å². The summed E-state index contributed by atoms with van der Waals surface area (Å²) in [6, 6.07) is 5.69. The van der Waals surface area contributed by atoms with E-state index in [1.54, 1.807) is 18.1 Å². The molecule has 0 aromatic heterocycles. The quantitative estimate of drug-likeness (QED) is 0.842. The van der Waals surface area contributed by atoms with Crippen molar-refractivity contribution in [3.8, 4) is 0 Å². The van der Waals surface area contributed by atoms with Gasteiger partial charge in [-0.2, -0.15) is 0 Å². The third kappa shape index (κ3) is 4.51. The van der Waals surface area contributed by atoms with Crippen LogP contribution in [0.25, 0.3) is 0 Å². The normalized spacial score (nSPS) is 21.1. The second-order valence-electron chi connectivity index (χ2n) is 5.87. The van der Waals surface area contributed by atoms with Gasteiger partial charge in [0.15, 0.2) is 0 Å². The number of rotatable bonds is 5. The molecule has 1 aliphatic heterocycles. The molecule has 126 valence electrons. The number of carbonyl (C=O) groups is 2. The molecule has 2 amide bonds. The van der Waals surface area contributed by atoms with Crippen molar-refractivity contribution in [2.75, 3.05) is 26.8 Å². The Labute approximate surface area is 135 Å². The molecule has 1 fully saturated rings. The summed E-state index contributed by atoms with van der Waals surface area (Å²) in [4.78, 5) is 26.4. The van der Waals surface area contributed by atoms with Crippen LogP contribution in [0.2, 0.25) is 0 Å². The van der Waals surface area contributed by atoms with Crippen LogP contribution in [-0.4, -0.2) is 49.6 Å². The van der Waals surface area contributed by atoms with Crippen LogP contribution < -0.4 is 5.32 Å². The maximum atomic E-state index is 13.3. The van der Waals surface area contributed by atoms with Gasteiger partial charge in [-0.05, 0) is 38.0 Å². The zero-order valence-electron chi connectivity index (χ0n) is 13.5. The fraction of sp³-hybridized carbons (Fsp3) is 0.529. The Morgan fingerprint density at radius 3 is 2.87 bits per heavy atom. The van der Waals surface area contributed by atoms with Gasteiger partial charge in [-0.1, -0.05) is 6.07 Å². The van der Waals surface area contributed by atoms with E-state index in [1.807, 2.05) is 6.92 Å². The molecule has 0 radical (unpaired) electrons. The Morgan fingerprint density at radius 2 is 2.17 bits per heavy atom. The van der Waals surface area contributed by atoms with E-state index in [-0.39, 0.29) is 23.8 Å². The first kappa shape index (κ1) is 17.4. The number of nitrogens with one attached hydrogen (secondary N) is 1. The highest BCUT2D eigenvalue weighted by molar-refractivity contribution is 5.95. The van der Waals surface area contributed by atoms with Crippen molar-refractivity contribution in [3.05, 3.63) is 35.6 Å². The number of piperidine rings is 1. The van der Waals surface area contributed by atoms with Crippen LogP contribution in [-0.2, 0) is 9.53 Å². The smallest absolute Gasteiger partial charge is 0.254 e. The number of methoxy groups -OCH3 is 1. The number of hydrogen-bond acceptors (Lipinski definition) is 3. The van der Waals surface area contributed by atoms with Gasteiger partial charge in [-0.15, -0.1) is 0 Å². The molecular weight excluding hydrogens is 299 g/mol. The van der Waals surface area contributed by atoms with E-state index in [0.29, 0.717) is 25.3 Å². The summed E-state index contributed by atoms with van der Waals surface area (Å²) in [6.07, 6.45) is 1.50. The average Bonchev–Trinajstić information content (AvgIpc) is 2.54. The van der Waals surface area contributed by atoms with Gasteiger partial charge >= 0.3 is 0 Å². The molecule has 2 atom stereocenters. The van der Waals surface area contributed by atoms with Gasteiger partial charge in [0.25, 0.3) is 5.91 Å². The zero-order chi connectivity index (χ0) is 16.8. The lowest BCUT2D eigenvalue weighted by Crippen LogP contribution is -2.49. The number of hydrogen-bond donors (Lipinski definition) is 1. The summed E-state index contributed by atoms with van der Waals surface area (Å²) in [6.45, 7) is 3.23. The first-order valence-electron chi connectivity index (χ1n) is 7.86. The molecule has 23 heavy (non-hydrogen) atoms. The average molecular weight is 322 g/mol. The van der Waals surface area contributed by atoms with E-state index in [0.717, 1.165) is 12.8 Å². The summed E-state index contributed by atoms with van der Waals surface area (Å²) in [5.74, 6) is -0.965. The summed E-state index contributed by atoms with van der Waals surface area (Å²) in [5, 5.41) is 2.81. The number of halogens is 1. The Bertz CT molecular complexity index is 565. The number of amides is 2. The van der Waals surface area contributed by atoms with Crippen molar-refractivity contribution in [2.45, 2.75) is 25.8 Å². The monoisotopic (exact) mass is 322 g/mol. The van der Waals surface area contributed by atoms with E-state index in [1.165, 1.54) is 18.2 Å². The molecule has 0 spiro atoms. The highest BCUT2D eigenvalue weighted by atomic mass is 19.1. The lowest BCUT2D eigenvalue weighted by molar-refractivity contribution is -0.126. The van der Waals surface area contributed by atoms with Gasteiger partial charge in [0.2, 0.25) is 5.91 Å². The molecule has 0 bridgehead atoms. The van der Waals surface area contributed by atoms with Crippen LogP contribution in [0.15, 0.2) is 24.3 Å². The molecule has 1 saturated heterocycles. The molecule has 5 nitrogen and oxygen atoms in total. The highest BCUT2D eigenvalue weighted by Crippen LogP contribution is 2.24. The van der Waals surface area contributed by atoms with Crippen molar-refractivity contribution in [1.82, 2.24) is 10.2 Å². The Morgan fingerprint density at radius 1 is 1.39 bits per heavy atom. The van der Waals surface area contributed by atoms with E-state index >= 15 is 0 Å². The van der Waals surface area contributed by atoms with Gasteiger partial charge in [-0.3, -0.25) is 9.59 Å². The van der Waals surface area contributed by atoms with Gasteiger partial charge in [0.05, 0.1) is 12.5 Å². The molecule has 1 N–H and O–H groups in total. The Kier molecular flexibility index (Phi) is 6.10. The van der Waals surface area contributed by atoms with Crippen LogP contribution in [0.5, 0.6) is 0 Å². The summed E-state index contributed by atoms with van der Waals surface area (Å²) in [7, 11) is 1.58. The minimum Gasteiger partial charge on any atom is -0.383 e. The SMILES string of the molecule is COCCNC(=O)[C@@H]1CC[C@H](C)N(C(=O)c2cccc(F)c2)C1. The maximum absolute atomic E-state index is 13.3. The van der Waals surface area contributed by atoms with Gasteiger partial charge in [0, 0.05) is 31.8 Å². The van der Waals surface area contributed by atoms with Crippen LogP contribution in [0.1, 0.15) is 30.1 Å². The maximum Gasteiger partial charge on any atom is 0.254 e. The fourth-order valence-electron chi connectivity index (χ4n) is 2.81. The van der Waals surface area contributed by atoms with Gasteiger partial charge < -0.3 is 15.0 Å². The first-order chi connectivity index (χ1) is 11.0. The van der Waals surface area contributed by atoms with E-state index < -0.39 is 5.82 Å². The molecule has 1 aromatic carbocycles. The minimum absolute atomic E-state index is 0.0359. The van der Waals surface area contributed by atoms with Crippen LogP contribution in [0.3, 0.4) is 0 Å². The number of likely N-dealkylation sites (tertiary alicyclic amines) is 1. The van der Waals surface area contributed by atoms with E-state index in [2.05, 4.69) is 5.32 Å². The number of ether oxygens (including phenoxy) is 1. The molecular formula is C17H23FN2O3. The Hall–Kier alpha value is -1.95. The van der Waals surface area contributed by atoms with Crippen LogP contribution >= 0.6 is 0 Å². The molecule has 1 aliphatic rings. The largest absolute Gasteiger partial charge is 0.383 e. The number of benzene rings is 1. The fourth-order valence-corrected chi connectivity index (χ4v) is 2.81. The van der Waals surface area contributed by atoms with Gasteiger partial charge in [-0.25, -0.2) is 4.39 Å². The van der Waals surface area contributed by atoms with Crippen molar-refractivity contribution in [2.24, 2.45) is 5.92 Å². The van der Waals surface area contributed by atoms with Crippen molar-refractivity contribution < 1.29 is 18.7 Å². The minimum atomic E-state index is -0.436. The number of carbonyl (C=O) groups excluding carboxylic acids is 2. The van der Waals surface area contributed by atoms with Crippen LogP contribution in [0, 0.1) is 11.7 Å². The molecule has 1 heterocycles. The van der Waals surface area contributed by atoms with Crippen LogP contribution in [0.4, 0.5) is 4.39 Å². The topological polar surface area (TPSA) is 58.6 Å². The lowest BCUT2D eigenvalue weighted by Gasteiger charge is -2.37. The van der Waals surface area contributed by atoms with Crippen molar-refractivity contribution in [3.63, 3.8) is 0 Å². The first-order valence-corrected chi connectivity index (χ1v) is 7.86.